The van der Waals surface area contributed by atoms with E-state index in [1.54, 1.807) is 6.07 Å². The Morgan fingerprint density at radius 2 is 1.93 bits per heavy atom. The Morgan fingerprint density at radius 3 is 2.56 bits per heavy atom. The van der Waals surface area contributed by atoms with Crippen molar-refractivity contribution in [3.05, 3.63) is 34.6 Å². The van der Waals surface area contributed by atoms with Crippen LogP contribution in [0.4, 0.5) is 5.82 Å². The molecule has 6 N–H and O–H groups in total. The van der Waals surface area contributed by atoms with Gasteiger partial charge >= 0.3 is 0 Å². The lowest BCUT2D eigenvalue weighted by Crippen LogP contribution is -2.11. The SMILES string of the molecule is CNCCCn1c(Sc2cc(Cl)cc(Cl)c2)nc2c(N)ncnc21.N=CN. The van der Waals surface area contributed by atoms with Crippen LogP contribution < -0.4 is 16.8 Å². The van der Waals surface area contributed by atoms with Gasteiger partial charge in [-0.15, -0.1) is 0 Å². The van der Waals surface area contributed by atoms with E-state index in [-0.39, 0.29) is 0 Å². The quantitative estimate of drug-likeness (QED) is 0.270. The van der Waals surface area contributed by atoms with E-state index in [1.165, 1.54) is 18.1 Å². The predicted octanol–water partition coefficient (Wildman–Crippen LogP) is 3.03. The third kappa shape index (κ3) is 5.70. The number of hydrogen-bond donors (Lipinski definition) is 4. The predicted molar refractivity (Wildman–Crippen MR) is 112 cm³/mol. The van der Waals surface area contributed by atoms with Gasteiger partial charge in [-0.1, -0.05) is 35.0 Å². The van der Waals surface area contributed by atoms with Crippen LogP contribution in [0.5, 0.6) is 0 Å². The van der Waals surface area contributed by atoms with Crippen LogP contribution in [0.25, 0.3) is 11.2 Å². The number of aryl methyl sites for hydroxylation is 1. The number of rotatable bonds is 6. The number of hydrogen-bond acceptors (Lipinski definition) is 7. The van der Waals surface area contributed by atoms with E-state index in [2.05, 4.69) is 26.0 Å². The first-order valence-electron chi connectivity index (χ1n) is 7.96. The van der Waals surface area contributed by atoms with Crippen molar-refractivity contribution in [3.63, 3.8) is 0 Å². The first-order chi connectivity index (χ1) is 13.0. The summed E-state index contributed by atoms with van der Waals surface area (Å²) in [5.41, 5.74) is 11.7. The van der Waals surface area contributed by atoms with Gasteiger partial charge in [-0.25, -0.2) is 15.0 Å². The summed E-state index contributed by atoms with van der Waals surface area (Å²) >= 11 is 13.6. The number of anilines is 1. The zero-order chi connectivity index (χ0) is 19.8. The normalized spacial score (nSPS) is 10.5. The molecule has 0 aliphatic carbocycles. The van der Waals surface area contributed by atoms with Crippen LogP contribution in [0.15, 0.2) is 34.6 Å². The van der Waals surface area contributed by atoms with Crippen LogP contribution in [0.2, 0.25) is 10.0 Å². The number of fused-ring (bicyclic) bond motifs is 1. The largest absolute Gasteiger partial charge is 0.390 e. The van der Waals surface area contributed by atoms with Crippen LogP contribution in [0.3, 0.4) is 0 Å². The Labute approximate surface area is 171 Å². The van der Waals surface area contributed by atoms with E-state index < -0.39 is 0 Å². The monoisotopic (exact) mass is 426 g/mol. The topological polar surface area (TPSA) is 132 Å². The molecule has 0 bridgehead atoms. The molecule has 0 fully saturated rings. The van der Waals surface area contributed by atoms with E-state index >= 15 is 0 Å². The highest BCUT2D eigenvalue weighted by molar-refractivity contribution is 7.99. The molecule has 0 radical (unpaired) electrons. The molecule has 0 saturated heterocycles. The van der Waals surface area contributed by atoms with Gasteiger partial charge < -0.3 is 21.4 Å². The fraction of sp³-hybridized carbons (Fsp3) is 0.250. The Hall–Kier alpha value is -2.07. The summed E-state index contributed by atoms with van der Waals surface area (Å²) < 4.78 is 2.05. The van der Waals surface area contributed by atoms with Crippen LogP contribution >= 0.6 is 35.0 Å². The smallest absolute Gasteiger partial charge is 0.175 e. The molecule has 2 heterocycles. The second-order valence-corrected chi connectivity index (χ2v) is 7.22. The van der Waals surface area contributed by atoms with Gasteiger partial charge in [0.1, 0.15) is 6.33 Å². The molecule has 27 heavy (non-hydrogen) atoms. The van der Waals surface area contributed by atoms with Crippen molar-refractivity contribution in [1.29, 1.82) is 5.41 Å². The molecule has 0 amide bonds. The summed E-state index contributed by atoms with van der Waals surface area (Å²) in [5, 5.41) is 11.0. The number of nitrogens with zero attached hydrogens (tertiary/aromatic N) is 4. The molecule has 11 heteroatoms. The third-order valence-corrected chi connectivity index (χ3v) is 4.78. The fourth-order valence-corrected chi connectivity index (χ4v) is 3.98. The standard InChI is InChI=1S/C15H16Cl2N6S.CH4N2/c1-19-3-2-4-23-14-12(13(18)20-8-21-14)22-15(23)24-11-6-9(16)5-10(17)7-11;2-1-3/h5-8,19H,2-4H2,1H3,(H2,18,20,21);1H,(H3,2,3). The maximum absolute atomic E-state index is 6.09. The van der Waals surface area contributed by atoms with Gasteiger partial charge in [0.25, 0.3) is 0 Å². The molecule has 8 nitrogen and oxygen atoms in total. The number of imidazole rings is 1. The lowest BCUT2D eigenvalue weighted by molar-refractivity contribution is 0.585. The zero-order valence-corrected chi connectivity index (χ0v) is 16.9. The number of nitrogen functional groups attached to an aromatic ring is 1. The number of halogens is 2. The van der Waals surface area contributed by atoms with Crippen LogP contribution in [0.1, 0.15) is 6.42 Å². The summed E-state index contributed by atoms with van der Waals surface area (Å²) in [4.78, 5) is 13.9. The zero-order valence-electron chi connectivity index (χ0n) is 14.6. The van der Waals surface area contributed by atoms with E-state index in [4.69, 9.17) is 34.3 Å². The first kappa shape index (κ1) is 21.2. The van der Waals surface area contributed by atoms with Crippen molar-refractivity contribution in [1.82, 2.24) is 24.8 Å². The van der Waals surface area contributed by atoms with Crippen LogP contribution in [-0.4, -0.2) is 39.4 Å². The van der Waals surface area contributed by atoms with Crippen molar-refractivity contribution in [2.75, 3.05) is 19.3 Å². The second-order valence-electron chi connectivity index (χ2n) is 5.31. The van der Waals surface area contributed by atoms with Gasteiger partial charge in [0.2, 0.25) is 0 Å². The minimum Gasteiger partial charge on any atom is -0.390 e. The van der Waals surface area contributed by atoms with Gasteiger partial charge in [0.15, 0.2) is 22.1 Å². The molecule has 0 spiro atoms. The Balaban J connectivity index is 0.000000817. The third-order valence-electron chi connectivity index (χ3n) is 3.38. The molecule has 3 rings (SSSR count). The van der Waals surface area contributed by atoms with Gasteiger partial charge in [-0.2, -0.15) is 0 Å². The van der Waals surface area contributed by atoms with E-state index in [1.807, 2.05) is 23.7 Å². The molecule has 1 aromatic carbocycles. The highest BCUT2D eigenvalue weighted by Gasteiger charge is 2.16. The fourth-order valence-electron chi connectivity index (χ4n) is 2.32. The molecule has 0 atom stereocenters. The minimum atomic E-state index is 0.373. The average molecular weight is 427 g/mol. The molecule has 144 valence electrons. The van der Waals surface area contributed by atoms with Crippen molar-refractivity contribution in [2.45, 2.75) is 23.0 Å². The first-order valence-corrected chi connectivity index (χ1v) is 9.53. The molecule has 0 unspecified atom stereocenters. The molecule has 0 saturated carbocycles. The van der Waals surface area contributed by atoms with E-state index in [0.717, 1.165) is 41.5 Å². The number of nitrogens with two attached hydrogens (primary N) is 2. The minimum absolute atomic E-state index is 0.373. The maximum Gasteiger partial charge on any atom is 0.175 e. The van der Waals surface area contributed by atoms with Gasteiger partial charge in [0.05, 0.1) is 6.34 Å². The molecule has 0 aliphatic rings. The summed E-state index contributed by atoms with van der Waals surface area (Å²) in [6.45, 7) is 1.66. The lowest BCUT2D eigenvalue weighted by Gasteiger charge is -2.08. The Morgan fingerprint density at radius 1 is 1.26 bits per heavy atom. The molecular weight excluding hydrogens is 407 g/mol. The number of nitrogens with one attached hydrogen (secondary N) is 2. The van der Waals surface area contributed by atoms with Crippen molar-refractivity contribution in [3.8, 4) is 0 Å². The highest BCUT2D eigenvalue weighted by atomic mass is 35.5. The van der Waals surface area contributed by atoms with Crippen molar-refractivity contribution >= 4 is 58.3 Å². The summed E-state index contributed by atoms with van der Waals surface area (Å²) in [6.07, 6.45) is 3.15. The van der Waals surface area contributed by atoms with Crippen LogP contribution in [-0.2, 0) is 6.54 Å². The molecule has 3 aromatic rings. The molecule has 2 aromatic heterocycles. The van der Waals surface area contributed by atoms with E-state index in [0.29, 0.717) is 21.4 Å². The number of benzene rings is 1. The highest BCUT2D eigenvalue weighted by Crippen LogP contribution is 2.33. The Kier molecular flexibility index (Phi) is 8.11. The lowest BCUT2D eigenvalue weighted by atomic mass is 10.4. The van der Waals surface area contributed by atoms with Gasteiger partial charge in [0, 0.05) is 21.5 Å². The maximum atomic E-state index is 6.09. The van der Waals surface area contributed by atoms with Gasteiger partial charge in [-0.05, 0) is 38.2 Å². The summed E-state index contributed by atoms with van der Waals surface area (Å²) in [5.74, 6) is 0.373. The second kappa shape index (κ2) is 10.3. The Bertz CT molecular complexity index is 895. The summed E-state index contributed by atoms with van der Waals surface area (Å²) in [6, 6.07) is 5.40. The van der Waals surface area contributed by atoms with Crippen molar-refractivity contribution < 1.29 is 0 Å². The summed E-state index contributed by atoms with van der Waals surface area (Å²) in [7, 11) is 1.93. The van der Waals surface area contributed by atoms with Crippen LogP contribution in [0, 0.1) is 5.41 Å². The van der Waals surface area contributed by atoms with E-state index in [9.17, 15) is 0 Å². The molecular formula is C16H20Cl2N8S. The molecule has 0 aliphatic heterocycles. The number of aromatic nitrogens is 4. The van der Waals surface area contributed by atoms with Crippen molar-refractivity contribution in [2.24, 2.45) is 5.73 Å². The van der Waals surface area contributed by atoms with Gasteiger partial charge in [-0.3, -0.25) is 5.41 Å². The average Bonchev–Trinajstić information content (AvgIpc) is 2.94.